The summed E-state index contributed by atoms with van der Waals surface area (Å²) in [6.07, 6.45) is 0. The van der Waals surface area contributed by atoms with E-state index in [0.29, 0.717) is 35.1 Å². The Bertz CT molecular complexity index is 953. The van der Waals surface area contributed by atoms with E-state index >= 15 is 0 Å². The Morgan fingerprint density at radius 3 is 2.57 bits per heavy atom. The first-order valence-electron chi connectivity index (χ1n) is 8.72. The number of carbonyl (C=O) groups is 1. The van der Waals surface area contributed by atoms with Gasteiger partial charge >= 0.3 is 5.97 Å². The molecule has 1 heterocycles. The maximum atomic E-state index is 12.4. The molecule has 146 valence electrons. The second-order valence-corrected chi connectivity index (χ2v) is 6.55. The molecule has 0 spiro atoms. The van der Waals surface area contributed by atoms with Crippen molar-refractivity contribution in [3.8, 4) is 27.8 Å². The van der Waals surface area contributed by atoms with Crippen molar-refractivity contribution in [3.05, 3.63) is 59.1 Å². The van der Waals surface area contributed by atoms with E-state index in [0.717, 1.165) is 10.6 Å². The molecule has 28 heavy (non-hydrogen) atoms. The molecule has 0 saturated heterocycles. The number of para-hydroxylation sites is 2. The molecule has 0 aliphatic carbocycles. The fourth-order valence-electron chi connectivity index (χ4n) is 2.69. The second kappa shape index (κ2) is 9.23. The normalized spacial score (nSPS) is 10.4. The van der Waals surface area contributed by atoms with Crippen molar-refractivity contribution in [2.75, 3.05) is 20.8 Å². The average molecular weight is 399 g/mol. The van der Waals surface area contributed by atoms with Gasteiger partial charge in [-0.1, -0.05) is 18.2 Å². The molecule has 7 heteroatoms. The van der Waals surface area contributed by atoms with E-state index in [4.69, 9.17) is 18.9 Å². The molecule has 3 aromatic rings. The van der Waals surface area contributed by atoms with Crippen LogP contribution in [0.25, 0.3) is 10.6 Å². The number of hydrogen-bond donors (Lipinski definition) is 0. The number of esters is 1. The third-order valence-electron chi connectivity index (χ3n) is 3.94. The predicted octanol–water partition coefficient (Wildman–Crippen LogP) is 4.58. The van der Waals surface area contributed by atoms with E-state index in [2.05, 4.69) is 4.98 Å². The summed E-state index contributed by atoms with van der Waals surface area (Å²) >= 11 is 1.45. The van der Waals surface area contributed by atoms with Crippen LogP contribution in [-0.4, -0.2) is 31.8 Å². The number of rotatable bonds is 8. The second-order valence-electron chi connectivity index (χ2n) is 5.69. The van der Waals surface area contributed by atoms with E-state index in [1.54, 1.807) is 32.4 Å². The Kier molecular flexibility index (Phi) is 6.49. The van der Waals surface area contributed by atoms with Crippen LogP contribution < -0.4 is 14.2 Å². The molecule has 0 unspecified atom stereocenters. The van der Waals surface area contributed by atoms with Gasteiger partial charge in [-0.15, -0.1) is 11.3 Å². The number of hydrogen-bond acceptors (Lipinski definition) is 7. The zero-order valence-corrected chi connectivity index (χ0v) is 16.7. The van der Waals surface area contributed by atoms with Crippen molar-refractivity contribution in [2.45, 2.75) is 13.5 Å². The third-order valence-corrected chi connectivity index (χ3v) is 4.87. The zero-order valence-electron chi connectivity index (χ0n) is 15.9. The summed E-state index contributed by atoms with van der Waals surface area (Å²) in [5, 5.41) is 2.62. The van der Waals surface area contributed by atoms with Gasteiger partial charge in [0, 0.05) is 5.38 Å². The first kappa shape index (κ1) is 19.7. The third kappa shape index (κ3) is 4.26. The van der Waals surface area contributed by atoms with E-state index < -0.39 is 5.97 Å². The van der Waals surface area contributed by atoms with Gasteiger partial charge in [0.05, 0.1) is 32.1 Å². The van der Waals surface area contributed by atoms with Crippen LogP contribution in [0, 0.1) is 0 Å². The minimum atomic E-state index is -0.447. The van der Waals surface area contributed by atoms with Gasteiger partial charge < -0.3 is 18.9 Å². The molecular weight excluding hydrogens is 378 g/mol. The number of carbonyl (C=O) groups excluding carboxylic acids is 1. The molecule has 1 aromatic heterocycles. The highest BCUT2D eigenvalue weighted by Gasteiger charge is 2.17. The van der Waals surface area contributed by atoms with Crippen LogP contribution in [0.5, 0.6) is 17.2 Å². The Balaban J connectivity index is 1.73. The number of thiazole rings is 1. The van der Waals surface area contributed by atoms with Crippen LogP contribution in [0.3, 0.4) is 0 Å². The molecule has 0 radical (unpaired) electrons. The molecule has 0 atom stereocenters. The number of benzene rings is 2. The smallest absolute Gasteiger partial charge is 0.342 e. The molecule has 0 fully saturated rings. The summed E-state index contributed by atoms with van der Waals surface area (Å²) < 4.78 is 21.7. The Morgan fingerprint density at radius 2 is 1.82 bits per heavy atom. The fourth-order valence-corrected chi connectivity index (χ4v) is 3.51. The first-order chi connectivity index (χ1) is 13.7. The van der Waals surface area contributed by atoms with Gasteiger partial charge in [0.15, 0.2) is 11.5 Å². The topological polar surface area (TPSA) is 66.9 Å². The monoisotopic (exact) mass is 399 g/mol. The van der Waals surface area contributed by atoms with E-state index in [-0.39, 0.29) is 6.61 Å². The van der Waals surface area contributed by atoms with Crippen LogP contribution in [0.4, 0.5) is 0 Å². The van der Waals surface area contributed by atoms with Crippen molar-refractivity contribution in [1.82, 2.24) is 4.98 Å². The highest BCUT2D eigenvalue weighted by atomic mass is 32.1. The summed E-state index contributed by atoms with van der Waals surface area (Å²) in [6.45, 7) is 2.41. The van der Waals surface area contributed by atoms with Crippen LogP contribution >= 0.6 is 11.3 Å². The molecule has 0 N–H and O–H groups in total. The molecular formula is C21H21NO5S. The molecule has 2 aromatic carbocycles. The minimum Gasteiger partial charge on any atom is -0.493 e. The maximum absolute atomic E-state index is 12.4. The number of aromatic nitrogens is 1. The number of nitrogens with zero attached hydrogens (tertiary/aromatic N) is 1. The van der Waals surface area contributed by atoms with Gasteiger partial charge in [-0.2, -0.15) is 0 Å². The van der Waals surface area contributed by atoms with E-state index in [1.165, 1.54) is 11.3 Å². The lowest BCUT2D eigenvalue weighted by atomic mass is 10.2. The molecule has 3 rings (SSSR count). The Hall–Kier alpha value is -3.06. The molecule has 0 aliphatic heterocycles. The van der Waals surface area contributed by atoms with Crippen LogP contribution in [0.2, 0.25) is 0 Å². The van der Waals surface area contributed by atoms with Crippen molar-refractivity contribution in [2.24, 2.45) is 0 Å². The largest absolute Gasteiger partial charge is 0.493 e. The van der Waals surface area contributed by atoms with E-state index in [9.17, 15) is 4.79 Å². The summed E-state index contributed by atoms with van der Waals surface area (Å²) in [5.41, 5.74) is 1.88. The molecule has 0 bridgehead atoms. The minimum absolute atomic E-state index is 0.0715. The van der Waals surface area contributed by atoms with Crippen LogP contribution in [0.15, 0.2) is 47.8 Å². The summed E-state index contributed by atoms with van der Waals surface area (Å²) in [4.78, 5) is 17.0. The highest BCUT2D eigenvalue weighted by Crippen LogP contribution is 2.39. The Morgan fingerprint density at radius 1 is 1.04 bits per heavy atom. The van der Waals surface area contributed by atoms with Crippen LogP contribution in [0.1, 0.15) is 23.0 Å². The van der Waals surface area contributed by atoms with E-state index in [1.807, 2.05) is 36.6 Å². The quantitative estimate of drug-likeness (QED) is 0.517. The molecule has 0 aliphatic rings. The zero-order chi connectivity index (χ0) is 19.9. The summed E-state index contributed by atoms with van der Waals surface area (Å²) in [5.74, 6) is 1.32. The van der Waals surface area contributed by atoms with Gasteiger partial charge in [-0.25, -0.2) is 9.78 Å². The predicted molar refractivity (Wildman–Crippen MR) is 107 cm³/mol. The van der Waals surface area contributed by atoms with Crippen molar-refractivity contribution in [3.63, 3.8) is 0 Å². The van der Waals surface area contributed by atoms with Gasteiger partial charge in [0.1, 0.15) is 22.9 Å². The standard InChI is InChI=1S/C21H21NO5S/c1-4-26-17-10-6-5-8-15(17)21(23)27-12-14-13-28-20(22-14)16-9-7-11-18(24-2)19(16)25-3/h5-11,13H,4,12H2,1-3H3. The SMILES string of the molecule is CCOc1ccccc1C(=O)OCc1csc(-c2cccc(OC)c2OC)n1. The molecule has 6 nitrogen and oxygen atoms in total. The van der Waals surface area contributed by atoms with Crippen LogP contribution in [-0.2, 0) is 11.3 Å². The first-order valence-corrected chi connectivity index (χ1v) is 9.60. The Labute approximate surface area is 167 Å². The summed E-state index contributed by atoms with van der Waals surface area (Å²) in [7, 11) is 3.18. The summed E-state index contributed by atoms with van der Waals surface area (Å²) in [6, 6.07) is 12.6. The van der Waals surface area contributed by atoms with Gasteiger partial charge in [-0.05, 0) is 31.2 Å². The van der Waals surface area contributed by atoms with Gasteiger partial charge in [0.25, 0.3) is 0 Å². The lowest BCUT2D eigenvalue weighted by Crippen LogP contribution is -2.08. The van der Waals surface area contributed by atoms with Crippen molar-refractivity contribution < 1.29 is 23.7 Å². The fraction of sp³-hybridized carbons (Fsp3) is 0.238. The highest BCUT2D eigenvalue weighted by molar-refractivity contribution is 7.13. The van der Waals surface area contributed by atoms with Gasteiger partial charge in [-0.3, -0.25) is 0 Å². The molecule has 0 amide bonds. The molecule has 0 saturated carbocycles. The number of methoxy groups -OCH3 is 2. The van der Waals surface area contributed by atoms with Crippen molar-refractivity contribution >= 4 is 17.3 Å². The average Bonchev–Trinajstić information content (AvgIpc) is 3.20. The lowest BCUT2D eigenvalue weighted by molar-refractivity contribution is 0.0464. The van der Waals surface area contributed by atoms with Crippen molar-refractivity contribution in [1.29, 1.82) is 0 Å². The lowest BCUT2D eigenvalue weighted by Gasteiger charge is -2.10. The number of ether oxygens (including phenoxy) is 4. The maximum Gasteiger partial charge on any atom is 0.342 e. The van der Waals surface area contributed by atoms with Gasteiger partial charge in [0.2, 0.25) is 0 Å².